The third-order valence-corrected chi connectivity index (χ3v) is 2.61. The first-order valence-electron chi connectivity index (χ1n) is 5.33. The quantitative estimate of drug-likeness (QED) is 0.592. The molecule has 0 aliphatic carbocycles. The van der Waals surface area contributed by atoms with Gasteiger partial charge in [-0.15, -0.1) is 0 Å². The van der Waals surface area contributed by atoms with E-state index in [2.05, 4.69) is 15.6 Å². The number of piperidine rings is 1. The number of nitrogens with zero attached hydrogens (tertiary/aromatic N) is 2. The Morgan fingerprint density at radius 3 is 3.00 bits per heavy atom. The van der Waals surface area contributed by atoms with Crippen molar-refractivity contribution in [2.24, 2.45) is 0 Å². The second-order valence-corrected chi connectivity index (χ2v) is 3.85. The Balaban J connectivity index is 1.96. The Bertz CT molecular complexity index is 360. The lowest BCUT2D eigenvalue weighted by atomic mass is 10.1. The van der Waals surface area contributed by atoms with Crippen LogP contribution in [-0.2, 0) is 0 Å². The Morgan fingerprint density at radius 1 is 1.56 bits per heavy atom. The summed E-state index contributed by atoms with van der Waals surface area (Å²) < 4.78 is 0. The zero-order valence-electron chi connectivity index (χ0n) is 8.85. The summed E-state index contributed by atoms with van der Waals surface area (Å²) in [6.07, 6.45) is 3.52. The average Bonchev–Trinajstić information content (AvgIpc) is 2.31. The molecule has 0 saturated carbocycles. The van der Waals surface area contributed by atoms with Crippen molar-refractivity contribution in [3.63, 3.8) is 0 Å². The molecule has 0 amide bonds. The summed E-state index contributed by atoms with van der Waals surface area (Å²) in [6, 6.07) is 3.47. The van der Waals surface area contributed by atoms with E-state index in [9.17, 15) is 10.1 Å². The number of hydrogen-bond donors (Lipinski definition) is 2. The van der Waals surface area contributed by atoms with Crippen molar-refractivity contribution >= 4 is 11.5 Å². The Morgan fingerprint density at radius 2 is 2.44 bits per heavy atom. The summed E-state index contributed by atoms with van der Waals surface area (Å²) >= 11 is 0. The van der Waals surface area contributed by atoms with Crippen LogP contribution in [0.25, 0.3) is 0 Å². The van der Waals surface area contributed by atoms with Crippen molar-refractivity contribution in [2.75, 3.05) is 18.4 Å². The van der Waals surface area contributed by atoms with Crippen LogP contribution in [0.2, 0.25) is 0 Å². The van der Waals surface area contributed by atoms with E-state index in [0.717, 1.165) is 25.9 Å². The molecule has 0 aromatic carbocycles. The maximum absolute atomic E-state index is 10.4. The van der Waals surface area contributed by atoms with Crippen molar-refractivity contribution in [1.29, 1.82) is 0 Å². The van der Waals surface area contributed by atoms with Gasteiger partial charge in [-0.05, 0) is 25.5 Å². The number of nitrogens with one attached hydrogen (secondary N) is 2. The molecule has 0 spiro atoms. The van der Waals surface area contributed by atoms with Crippen molar-refractivity contribution < 1.29 is 4.92 Å². The molecule has 1 atom stereocenters. The number of hydrogen-bond acceptors (Lipinski definition) is 5. The van der Waals surface area contributed by atoms with E-state index in [4.69, 9.17) is 0 Å². The summed E-state index contributed by atoms with van der Waals surface area (Å²) in [6.45, 7) is 1.98. The molecule has 1 fully saturated rings. The molecule has 6 nitrogen and oxygen atoms in total. The highest BCUT2D eigenvalue weighted by Crippen LogP contribution is 2.14. The van der Waals surface area contributed by atoms with E-state index in [1.165, 1.54) is 12.3 Å². The van der Waals surface area contributed by atoms with Gasteiger partial charge in [0.25, 0.3) is 5.69 Å². The molecule has 0 bridgehead atoms. The normalized spacial score (nSPS) is 20.4. The van der Waals surface area contributed by atoms with Crippen LogP contribution in [0.4, 0.5) is 11.5 Å². The van der Waals surface area contributed by atoms with Crippen molar-refractivity contribution in [2.45, 2.75) is 18.9 Å². The van der Waals surface area contributed by atoms with Gasteiger partial charge in [0.05, 0.1) is 4.92 Å². The Hall–Kier alpha value is -1.69. The molecule has 1 aliphatic rings. The maximum Gasteiger partial charge on any atom is 0.287 e. The van der Waals surface area contributed by atoms with Gasteiger partial charge in [-0.2, -0.15) is 0 Å². The van der Waals surface area contributed by atoms with E-state index >= 15 is 0 Å². The van der Waals surface area contributed by atoms with Gasteiger partial charge >= 0.3 is 0 Å². The summed E-state index contributed by atoms with van der Waals surface area (Å²) in [5.74, 6) is 0.694. The van der Waals surface area contributed by atoms with Gasteiger partial charge in [-0.1, -0.05) is 0 Å². The van der Waals surface area contributed by atoms with Gasteiger partial charge in [-0.3, -0.25) is 10.1 Å². The summed E-state index contributed by atoms with van der Waals surface area (Å²) in [5.41, 5.74) is 0.0207. The van der Waals surface area contributed by atoms with Crippen LogP contribution in [0, 0.1) is 10.1 Å². The SMILES string of the molecule is O=[N+]([O-])c1ccc(N[C@H]2CCCNC2)nc1. The lowest BCUT2D eigenvalue weighted by molar-refractivity contribution is -0.385. The fraction of sp³-hybridized carbons (Fsp3) is 0.500. The number of anilines is 1. The molecular formula is C10H14N4O2. The first-order valence-corrected chi connectivity index (χ1v) is 5.33. The van der Waals surface area contributed by atoms with Crippen LogP contribution in [0.1, 0.15) is 12.8 Å². The van der Waals surface area contributed by atoms with Crippen LogP contribution in [0.5, 0.6) is 0 Å². The van der Waals surface area contributed by atoms with Gasteiger partial charge in [0, 0.05) is 18.7 Å². The smallest absolute Gasteiger partial charge is 0.287 e. The zero-order chi connectivity index (χ0) is 11.4. The van der Waals surface area contributed by atoms with E-state index < -0.39 is 4.92 Å². The average molecular weight is 222 g/mol. The molecular weight excluding hydrogens is 208 g/mol. The van der Waals surface area contributed by atoms with Gasteiger partial charge in [0.2, 0.25) is 0 Å². The van der Waals surface area contributed by atoms with Gasteiger partial charge < -0.3 is 10.6 Å². The molecule has 1 aliphatic heterocycles. The fourth-order valence-corrected chi connectivity index (χ4v) is 1.76. The molecule has 6 heteroatoms. The highest BCUT2D eigenvalue weighted by Gasteiger charge is 2.13. The topological polar surface area (TPSA) is 80.1 Å². The largest absolute Gasteiger partial charge is 0.366 e. The highest BCUT2D eigenvalue weighted by molar-refractivity contribution is 5.40. The number of pyridine rings is 1. The Labute approximate surface area is 93.2 Å². The van der Waals surface area contributed by atoms with Crippen LogP contribution in [-0.4, -0.2) is 29.0 Å². The van der Waals surface area contributed by atoms with Gasteiger partial charge in [0.1, 0.15) is 12.0 Å². The molecule has 1 aromatic heterocycles. The molecule has 2 N–H and O–H groups in total. The van der Waals surface area contributed by atoms with Gasteiger partial charge in [0.15, 0.2) is 0 Å². The maximum atomic E-state index is 10.4. The van der Waals surface area contributed by atoms with Crippen molar-refractivity contribution in [1.82, 2.24) is 10.3 Å². The van der Waals surface area contributed by atoms with E-state index in [0.29, 0.717) is 11.9 Å². The molecule has 0 radical (unpaired) electrons. The molecule has 0 unspecified atom stereocenters. The molecule has 1 aromatic rings. The minimum absolute atomic E-state index is 0.0207. The minimum atomic E-state index is -0.445. The standard InChI is InChI=1S/C10H14N4O2/c15-14(16)9-3-4-10(12-7-9)13-8-2-1-5-11-6-8/h3-4,7-8,11H,1-2,5-6H2,(H,12,13)/t8-/m0/s1. The highest BCUT2D eigenvalue weighted by atomic mass is 16.6. The molecule has 16 heavy (non-hydrogen) atoms. The first-order chi connectivity index (χ1) is 7.75. The number of nitro groups is 1. The molecule has 1 saturated heterocycles. The molecule has 86 valence electrons. The minimum Gasteiger partial charge on any atom is -0.366 e. The third kappa shape index (κ3) is 2.66. The summed E-state index contributed by atoms with van der Waals surface area (Å²) in [7, 11) is 0. The fourth-order valence-electron chi connectivity index (χ4n) is 1.76. The van der Waals surface area contributed by atoms with Crippen molar-refractivity contribution in [3.05, 3.63) is 28.4 Å². The number of aromatic nitrogens is 1. The third-order valence-electron chi connectivity index (χ3n) is 2.61. The Kier molecular flexibility index (Phi) is 3.31. The second-order valence-electron chi connectivity index (χ2n) is 3.85. The first kappa shape index (κ1) is 10.8. The summed E-state index contributed by atoms with van der Waals surface area (Å²) in [4.78, 5) is 14.0. The van der Waals surface area contributed by atoms with Crippen LogP contribution in [0.3, 0.4) is 0 Å². The lowest BCUT2D eigenvalue weighted by Crippen LogP contribution is -2.38. The monoisotopic (exact) mass is 222 g/mol. The van der Waals surface area contributed by atoms with Crippen LogP contribution >= 0.6 is 0 Å². The van der Waals surface area contributed by atoms with Crippen LogP contribution in [0.15, 0.2) is 18.3 Å². The van der Waals surface area contributed by atoms with E-state index in [1.54, 1.807) is 6.07 Å². The van der Waals surface area contributed by atoms with Crippen molar-refractivity contribution in [3.8, 4) is 0 Å². The predicted molar refractivity (Wildman–Crippen MR) is 60.4 cm³/mol. The predicted octanol–water partition coefficient (Wildman–Crippen LogP) is 1.15. The molecule has 2 rings (SSSR count). The number of rotatable bonds is 3. The second kappa shape index (κ2) is 4.89. The van der Waals surface area contributed by atoms with Crippen LogP contribution < -0.4 is 10.6 Å². The summed E-state index contributed by atoms with van der Waals surface area (Å²) in [5, 5.41) is 17.0. The van der Waals surface area contributed by atoms with E-state index in [1.807, 2.05) is 0 Å². The lowest BCUT2D eigenvalue weighted by Gasteiger charge is -2.24. The van der Waals surface area contributed by atoms with E-state index in [-0.39, 0.29) is 5.69 Å². The zero-order valence-corrected chi connectivity index (χ0v) is 8.85. The van der Waals surface area contributed by atoms with Gasteiger partial charge in [-0.25, -0.2) is 4.98 Å². The molecule has 2 heterocycles.